The molecule has 1 rings (SSSR count). The number of nitrogens with zero attached hydrogens (tertiary/aromatic N) is 1. The molecule has 0 bridgehead atoms. The van der Waals surface area contributed by atoms with Crippen molar-refractivity contribution < 1.29 is 0 Å². The van der Waals surface area contributed by atoms with Crippen molar-refractivity contribution in [2.24, 2.45) is 0 Å². The Morgan fingerprint density at radius 3 is 2.11 bits per heavy atom. The summed E-state index contributed by atoms with van der Waals surface area (Å²) in [4.78, 5) is 0. The number of thiol groups is 1. The number of hydrogen-bond donors (Lipinski definition) is 2. The van der Waals surface area contributed by atoms with Gasteiger partial charge in [0.2, 0.25) is 0 Å². The molecule has 2 atom stereocenters. The van der Waals surface area contributed by atoms with Crippen molar-refractivity contribution >= 4 is 12.8 Å². The third kappa shape index (κ3) is 2.16. The standard InChI is InChI=1S/C6H14N2S/c1-5-3-8(9)4-6(2)7-5/h5-7,9H,3-4H2,1-2H3. The highest BCUT2D eigenvalue weighted by molar-refractivity contribution is 7.77. The Kier molecular flexibility index (Phi) is 2.38. The lowest BCUT2D eigenvalue weighted by Crippen LogP contribution is -2.50. The molecule has 54 valence electrons. The maximum atomic E-state index is 4.27. The zero-order valence-corrected chi connectivity index (χ0v) is 6.86. The first kappa shape index (κ1) is 7.38. The molecule has 1 N–H and O–H groups in total. The molecule has 0 aromatic rings. The van der Waals surface area contributed by atoms with E-state index in [1.807, 2.05) is 0 Å². The normalized spacial score (nSPS) is 39.0. The zero-order chi connectivity index (χ0) is 6.85. The van der Waals surface area contributed by atoms with Gasteiger partial charge in [-0.25, -0.2) is 0 Å². The maximum absolute atomic E-state index is 4.27. The van der Waals surface area contributed by atoms with Crippen LogP contribution < -0.4 is 5.32 Å². The molecule has 0 amide bonds. The number of piperazine rings is 1. The summed E-state index contributed by atoms with van der Waals surface area (Å²) in [7, 11) is 0. The Balaban J connectivity index is 2.34. The summed E-state index contributed by atoms with van der Waals surface area (Å²) < 4.78 is 2.06. The molecule has 2 unspecified atom stereocenters. The summed E-state index contributed by atoms with van der Waals surface area (Å²) in [5, 5.41) is 3.42. The Hall–Kier alpha value is 0.270. The summed E-state index contributed by atoms with van der Waals surface area (Å²) in [6, 6.07) is 1.18. The summed E-state index contributed by atoms with van der Waals surface area (Å²) in [5.74, 6) is 0. The smallest absolute Gasteiger partial charge is 0.0239 e. The summed E-state index contributed by atoms with van der Waals surface area (Å²) in [6.07, 6.45) is 0. The minimum Gasteiger partial charge on any atom is -0.309 e. The Bertz CT molecular complexity index is 72.0. The lowest BCUT2D eigenvalue weighted by molar-refractivity contribution is 0.283. The van der Waals surface area contributed by atoms with Crippen LogP contribution in [0, 0.1) is 0 Å². The minimum atomic E-state index is 0.589. The molecule has 3 heteroatoms. The number of hydrogen-bond acceptors (Lipinski definition) is 3. The highest BCUT2D eigenvalue weighted by Crippen LogP contribution is 2.04. The van der Waals surface area contributed by atoms with Gasteiger partial charge in [-0.3, -0.25) is 4.31 Å². The quantitative estimate of drug-likeness (QED) is 0.484. The van der Waals surface area contributed by atoms with E-state index in [2.05, 4.69) is 36.3 Å². The van der Waals surface area contributed by atoms with E-state index in [9.17, 15) is 0 Å². The highest BCUT2D eigenvalue weighted by Gasteiger charge is 2.17. The van der Waals surface area contributed by atoms with Crippen molar-refractivity contribution in [1.29, 1.82) is 0 Å². The zero-order valence-electron chi connectivity index (χ0n) is 5.96. The topological polar surface area (TPSA) is 15.3 Å². The molecular formula is C6H14N2S. The van der Waals surface area contributed by atoms with Gasteiger partial charge in [-0.2, -0.15) is 0 Å². The maximum Gasteiger partial charge on any atom is 0.0239 e. The van der Waals surface area contributed by atoms with E-state index in [0.29, 0.717) is 12.1 Å². The molecule has 0 aromatic carbocycles. The fraction of sp³-hybridized carbons (Fsp3) is 1.00. The average Bonchev–Trinajstić information content (AvgIpc) is 1.59. The summed E-state index contributed by atoms with van der Waals surface area (Å²) >= 11 is 4.27. The number of rotatable bonds is 0. The lowest BCUT2D eigenvalue weighted by atomic mass is 10.2. The fourth-order valence-corrected chi connectivity index (χ4v) is 1.79. The molecule has 0 radical (unpaired) electrons. The van der Waals surface area contributed by atoms with Crippen LogP contribution in [0.1, 0.15) is 13.8 Å². The van der Waals surface area contributed by atoms with Crippen LogP contribution >= 0.6 is 12.8 Å². The first-order valence-corrected chi connectivity index (χ1v) is 3.78. The van der Waals surface area contributed by atoms with Gasteiger partial charge in [-0.05, 0) is 13.8 Å². The van der Waals surface area contributed by atoms with Crippen molar-refractivity contribution in [2.45, 2.75) is 25.9 Å². The van der Waals surface area contributed by atoms with Gasteiger partial charge in [0.1, 0.15) is 0 Å². The van der Waals surface area contributed by atoms with Crippen LogP contribution in [0.2, 0.25) is 0 Å². The van der Waals surface area contributed by atoms with E-state index in [4.69, 9.17) is 0 Å². The van der Waals surface area contributed by atoms with Crippen LogP contribution in [-0.4, -0.2) is 29.5 Å². The highest BCUT2D eigenvalue weighted by atomic mass is 32.1. The van der Waals surface area contributed by atoms with Gasteiger partial charge in [-0.15, -0.1) is 0 Å². The molecule has 1 saturated heterocycles. The number of nitrogens with one attached hydrogen (secondary N) is 1. The van der Waals surface area contributed by atoms with Crippen molar-refractivity contribution in [2.75, 3.05) is 13.1 Å². The molecule has 0 aliphatic carbocycles. The van der Waals surface area contributed by atoms with E-state index in [-0.39, 0.29) is 0 Å². The molecule has 2 nitrogen and oxygen atoms in total. The van der Waals surface area contributed by atoms with Gasteiger partial charge < -0.3 is 5.32 Å². The van der Waals surface area contributed by atoms with Crippen molar-refractivity contribution in [3.05, 3.63) is 0 Å². The molecule has 1 aliphatic rings. The largest absolute Gasteiger partial charge is 0.309 e. The van der Waals surface area contributed by atoms with Crippen LogP contribution in [0.3, 0.4) is 0 Å². The van der Waals surface area contributed by atoms with Crippen molar-refractivity contribution in [3.63, 3.8) is 0 Å². The van der Waals surface area contributed by atoms with Gasteiger partial charge in [0.25, 0.3) is 0 Å². The molecule has 1 fully saturated rings. The van der Waals surface area contributed by atoms with E-state index < -0.39 is 0 Å². The van der Waals surface area contributed by atoms with Crippen LogP contribution in [0.4, 0.5) is 0 Å². The molecular weight excluding hydrogens is 132 g/mol. The second kappa shape index (κ2) is 2.90. The molecule has 1 heterocycles. The molecule has 9 heavy (non-hydrogen) atoms. The molecule has 0 spiro atoms. The van der Waals surface area contributed by atoms with Crippen LogP contribution in [0.25, 0.3) is 0 Å². The van der Waals surface area contributed by atoms with Gasteiger partial charge >= 0.3 is 0 Å². The fourth-order valence-electron chi connectivity index (χ4n) is 1.30. The second-order valence-corrected chi connectivity index (χ2v) is 3.41. The van der Waals surface area contributed by atoms with Gasteiger partial charge in [0, 0.05) is 25.2 Å². The molecule has 1 aliphatic heterocycles. The van der Waals surface area contributed by atoms with Gasteiger partial charge in [0.05, 0.1) is 0 Å². The SMILES string of the molecule is CC1CN(S)CC(C)N1. The van der Waals surface area contributed by atoms with Crippen molar-refractivity contribution in [1.82, 2.24) is 9.62 Å². The lowest BCUT2D eigenvalue weighted by Gasteiger charge is -2.32. The monoisotopic (exact) mass is 146 g/mol. The summed E-state index contributed by atoms with van der Waals surface area (Å²) in [5.41, 5.74) is 0. The van der Waals surface area contributed by atoms with E-state index in [0.717, 1.165) is 13.1 Å². The molecule has 0 saturated carbocycles. The van der Waals surface area contributed by atoms with E-state index in [1.54, 1.807) is 0 Å². The van der Waals surface area contributed by atoms with Gasteiger partial charge in [-0.1, -0.05) is 12.8 Å². The average molecular weight is 146 g/mol. The first-order valence-electron chi connectivity index (χ1n) is 3.38. The van der Waals surface area contributed by atoms with Crippen molar-refractivity contribution in [3.8, 4) is 0 Å². The minimum absolute atomic E-state index is 0.589. The Morgan fingerprint density at radius 1 is 1.33 bits per heavy atom. The third-order valence-corrected chi connectivity index (χ3v) is 1.86. The predicted molar refractivity (Wildman–Crippen MR) is 42.6 cm³/mol. The first-order chi connectivity index (χ1) is 4.18. The van der Waals surface area contributed by atoms with E-state index in [1.165, 1.54) is 0 Å². The van der Waals surface area contributed by atoms with Crippen LogP contribution in [0.15, 0.2) is 0 Å². The Labute approximate surface area is 62.2 Å². The molecule has 0 aromatic heterocycles. The van der Waals surface area contributed by atoms with Crippen LogP contribution in [0.5, 0.6) is 0 Å². The van der Waals surface area contributed by atoms with Gasteiger partial charge in [0.15, 0.2) is 0 Å². The second-order valence-electron chi connectivity index (χ2n) is 2.84. The third-order valence-electron chi connectivity index (χ3n) is 1.54. The Morgan fingerprint density at radius 2 is 1.78 bits per heavy atom. The van der Waals surface area contributed by atoms with E-state index >= 15 is 0 Å². The summed E-state index contributed by atoms with van der Waals surface area (Å²) in [6.45, 7) is 6.46. The predicted octanol–water partition coefficient (Wildman–Crippen LogP) is 0.513. The van der Waals surface area contributed by atoms with Crippen LogP contribution in [-0.2, 0) is 0 Å².